The van der Waals surface area contributed by atoms with Crippen LogP contribution < -0.4 is 5.32 Å². The highest BCUT2D eigenvalue weighted by Crippen LogP contribution is 2.23. The summed E-state index contributed by atoms with van der Waals surface area (Å²) in [7, 11) is 0. The fourth-order valence-corrected chi connectivity index (χ4v) is 2.88. The van der Waals surface area contributed by atoms with Crippen molar-refractivity contribution in [2.24, 2.45) is 5.92 Å². The highest BCUT2D eigenvalue weighted by molar-refractivity contribution is 5.79. The average molecular weight is 240 g/mol. The van der Waals surface area contributed by atoms with Gasteiger partial charge in [-0.15, -0.1) is 0 Å². The third-order valence-corrected chi connectivity index (χ3v) is 3.77. The summed E-state index contributed by atoms with van der Waals surface area (Å²) >= 11 is 0. The number of hydrogen-bond acceptors (Lipinski definition) is 3. The molecule has 0 aliphatic carbocycles. The highest BCUT2D eigenvalue weighted by atomic mass is 16.5. The van der Waals surface area contributed by atoms with Crippen molar-refractivity contribution in [3.05, 3.63) is 0 Å². The summed E-state index contributed by atoms with van der Waals surface area (Å²) in [4.78, 5) is 14.3. The number of hydrogen-bond donors (Lipinski definition) is 1. The number of rotatable bonds is 3. The first-order chi connectivity index (χ1) is 8.20. The molecule has 2 heterocycles. The number of nitrogens with zero attached hydrogens (tertiary/aromatic N) is 1. The van der Waals surface area contributed by atoms with E-state index in [9.17, 15) is 4.79 Å². The van der Waals surface area contributed by atoms with Crippen LogP contribution >= 0.6 is 0 Å². The lowest BCUT2D eigenvalue weighted by atomic mass is 10.0. The zero-order valence-electron chi connectivity index (χ0n) is 10.9. The van der Waals surface area contributed by atoms with Crippen LogP contribution in [0, 0.1) is 5.92 Å². The number of nitrogens with one attached hydrogen (secondary N) is 1. The van der Waals surface area contributed by atoms with Gasteiger partial charge in [-0.25, -0.2) is 0 Å². The minimum absolute atomic E-state index is 0.102. The van der Waals surface area contributed by atoms with E-state index >= 15 is 0 Å². The van der Waals surface area contributed by atoms with Crippen LogP contribution in [-0.4, -0.2) is 49.2 Å². The van der Waals surface area contributed by atoms with Gasteiger partial charge in [0, 0.05) is 19.1 Å². The summed E-state index contributed by atoms with van der Waals surface area (Å²) in [6.07, 6.45) is 3.45. The largest absolute Gasteiger partial charge is 0.378 e. The lowest BCUT2D eigenvalue weighted by molar-refractivity contribution is -0.136. The Balaban J connectivity index is 1.86. The second-order valence-corrected chi connectivity index (χ2v) is 5.26. The van der Waals surface area contributed by atoms with Crippen LogP contribution in [0.1, 0.15) is 33.1 Å². The molecule has 2 aliphatic heterocycles. The Bertz CT molecular complexity index is 268. The van der Waals surface area contributed by atoms with Gasteiger partial charge in [0.15, 0.2) is 0 Å². The molecule has 2 fully saturated rings. The van der Waals surface area contributed by atoms with Gasteiger partial charge in [-0.1, -0.05) is 6.92 Å². The van der Waals surface area contributed by atoms with Gasteiger partial charge in [0.1, 0.15) is 0 Å². The standard InChI is InChI=1S/C13H24N2O2/c1-3-14-12-5-4-6-15(8-12)13(16)11-7-10(2)17-9-11/h10-12,14H,3-9H2,1-2H3. The fraction of sp³-hybridized carbons (Fsp3) is 0.923. The molecule has 1 amide bonds. The van der Waals surface area contributed by atoms with Crippen molar-refractivity contribution in [2.75, 3.05) is 26.2 Å². The van der Waals surface area contributed by atoms with Gasteiger partial charge in [0.05, 0.1) is 18.6 Å². The zero-order chi connectivity index (χ0) is 12.3. The normalized spacial score (nSPS) is 34.0. The molecule has 0 aromatic carbocycles. The van der Waals surface area contributed by atoms with E-state index in [-0.39, 0.29) is 12.0 Å². The van der Waals surface area contributed by atoms with Crippen LogP contribution in [0.5, 0.6) is 0 Å². The van der Waals surface area contributed by atoms with E-state index in [1.807, 2.05) is 11.8 Å². The van der Waals surface area contributed by atoms with E-state index in [0.717, 1.165) is 32.5 Å². The average Bonchev–Trinajstić information content (AvgIpc) is 2.76. The first kappa shape index (κ1) is 12.8. The monoisotopic (exact) mass is 240 g/mol. The fourth-order valence-electron chi connectivity index (χ4n) is 2.88. The van der Waals surface area contributed by atoms with E-state index in [4.69, 9.17) is 4.74 Å². The molecule has 2 saturated heterocycles. The van der Waals surface area contributed by atoms with Gasteiger partial charge in [0.2, 0.25) is 5.91 Å². The number of likely N-dealkylation sites (tertiary alicyclic amines) is 1. The molecule has 1 N–H and O–H groups in total. The third-order valence-electron chi connectivity index (χ3n) is 3.77. The molecule has 4 nitrogen and oxygen atoms in total. The Morgan fingerprint density at radius 3 is 3.00 bits per heavy atom. The van der Waals surface area contributed by atoms with E-state index < -0.39 is 0 Å². The number of carbonyl (C=O) groups excluding carboxylic acids is 1. The Morgan fingerprint density at radius 2 is 2.35 bits per heavy atom. The minimum atomic E-state index is 0.102. The maximum Gasteiger partial charge on any atom is 0.228 e. The number of ether oxygens (including phenoxy) is 1. The summed E-state index contributed by atoms with van der Waals surface area (Å²) in [6.45, 7) is 7.56. The molecule has 2 aliphatic rings. The third kappa shape index (κ3) is 3.19. The molecular weight excluding hydrogens is 216 g/mol. The predicted molar refractivity (Wildman–Crippen MR) is 66.8 cm³/mol. The van der Waals surface area contributed by atoms with Gasteiger partial charge in [-0.3, -0.25) is 4.79 Å². The number of likely N-dealkylation sites (N-methyl/N-ethyl adjacent to an activating group) is 1. The van der Waals surface area contributed by atoms with Crippen LogP contribution in [0.2, 0.25) is 0 Å². The SMILES string of the molecule is CCNC1CCCN(C(=O)C2COC(C)C2)C1. The first-order valence-electron chi connectivity index (χ1n) is 6.84. The number of piperidine rings is 1. The molecule has 0 aromatic heterocycles. The molecule has 0 bridgehead atoms. The Kier molecular flexibility index (Phi) is 4.40. The van der Waals surface area contributed by atoms with Gasteiger partial charge >= 0.3 is 0 Å². The predicted octanol–water partition coefficient (Wildman–Crippen LogP) is 1.01. The van der Waals surface area contributed by atoms with E-state index in [1.165, 1.54) is 6.42 Å². The highest BCUT2D eigenvalue weighted by Gasteiger charge is 2.33. The molecular formula is C13H24N2O2. The molecule has 2 rings (SSSR count). The maximum atomic E-state index is 12.3. The van der Waals surface area contributed by atoms with Crippen molar-refractivity contribution >= 4 is 5.91 Å². The lowest BCUT2D eigenvalue weighted by Crippen LogP contribution is -2.49. The van der Waals surface area contributed by atoms with Crippen LogP contribution in [0.3, 0.4) is 0 Å². The van der Waals surface area contributed by atoms with Crippen molar-refractivity contribution in [1.82, 2.24) is 10.2 Å². The number of carbonyl (C=O) groups is 1. The molecule has 0 saturated carbocycles. The van der Waals surface area contributed by atoms with Gasteiger partial charge in [0.25, 0.3) is 0 Å². The van der Waals surface area contributed by atoms with Gasteiger partial charge in [-0.2, -0.15) is 0 Å². The van der Waals surface area contributed by atoms with Crippen molar-refractivity contribution in [3.8, 4) is 0 Å². The van der Waals surface area contributed by atoms with E-state index in [2.05, 4.69) is 12.2 Å². The molecule has 98 valence electrons. The minimum Gasteiger partial charge on any atom is -0.378 e. The second kappa shape index (κ2) is 5.83. The molecule has 0 aromatic rings. The first-order valence-corrected chi connectivity index (χ1v) is 6.84. The van der Waals surface area contributed by atoms with Crippen molar-refractivity contribution in [3.63, 3.8) is 0 Å². The summed E-state index contributed by atoms with van der Waals surface area (Å²) in [5, 5.41) is 3.44. The summed E-state index contributed by atoms with van der Waals surface area (Å²) in [6, 6.07) is 0.484. The summed E-state index contributed by atoms with van der Waals surface area (Å²) in [5.41, 5.74) is 0. The van der Waals surface area contributed by atoms with Crippen LogP contribution in [0.4, 0.5) is 0 Å². The zero-order valence-corrected chi connectivity index (χ0v) is 10.9. The summed E-state index contributed by atoms with van der Waals surface area (Å²) < 4.78 is 5.49. The van der Waals surface area contributed by atoms with Crippen LogP contribution in [-0.2, 0) is 9.53 Å². The van der Waals surface area contributed by atoms with Crippen LogP contribution in [0.25, 0.3) is 0 Å². The second-order valence-electron chi connectivity index (χ2n) is 5.26. The Hall–Kier alpha value is -0.610. The van der Waals surface area contributed by atoms with Gasteiger partial charge in [-0.05, 0) is 32.7 Å². The maximum absolute atomic E-state index is 12.3. The lowest BCUT2D eigenvalue weighted by Gasteiger charge is -2.34. The molecule has 3 atom stereocenters. The smallest absolute Gasteiger partial charge is 0.228 e. The molecule has 0 spiro atoms. The quantitative estimate of drug-likeness (QED) is 0.800. The van der Waals surface area contributed by atoms with Gasteiger partial charge < -0.3 is 15.0 Å². The Labute approximate surface area is 104 Å². The van der Waals surface area contributed by atoms with Crippen molar-refractivity contribution in [2.45, 2.75) is 45.3 Å². The van der Waals surface area contributed by atoms with Crippen LogP contribution in [0.15, 0.2) is 0 Å². The molecule has 17 heavy (non-hydrogen) atoms. The molecule has 0 radical (unpaired) electrons. The van der Waals surface area contributed by atoms with Crippen molar-refractivity contribution < 1.29 is 9.53 Å². The Morgan fingerprint density at radius 1 is 1.53 bits per heavy atom. The van der Waals surface area contributed by atoms with E-state index in [1.54, 1.807) is 0 Å². The topological polar surface area (TPSA) is 41.6 Å². The molecule has 4 heteroatoms. The van der Waals surface area contributed by atoms with Crippen molar-refractivity contribution in [1.29, 1.82) is 0 Å². The molecule has 3 unspecified atom stereocenters. The number of amides is 1. The van der Waals surface area contributed by atoms with E-state index in [0.29, 0.717) is 18.6 Å². The summed E-state index contributed by atoms with van der Waals surface area (Å²) in [5.74, 6) is 0.405.